The van der Waals surface area contributed by atoms with Crippen LogP contribution >= 0.6 is 19.2 Å². The molecule has 1 aromatic carbocycles. The van der Waals surface area contributed by atoms with Gasteiger partial charge in [0.05, 0.1) is 16.1 Å². The van der Waals surface area contributed by atoms with Crippen molar-refractivity contribution in [3.63, 3.8) is 0 Å². The molecule has 0 aliphatic rings. The van der Waals surface area contributed by atoms with Crippen LogP contribution < -0.4 is 0 Å². The fourth-order valence-corrected chi connectivity index (χ4v) is 2.08. The maximum atomic E-state index is 13.1. The normalized spacial score (nSPS) is 11.5. The molecular weight excluding hydrogens is 264 g/mol. The molecule has 0 unspecified atom stereocenters. The van der Waals surface area contributed by atoms with E-state index in [9.17, 15) is 19.1 Å². The first-order valence-corrected chi connectivity index (χ1v) is 6.05. The number of hydrogen-bond donors (Lipinski definition) is 2. The second-order valence-electron chi connectivity index (χ2n) is 2.97. The third-order valence-electron chi connectivity index (χ3n) is 1.69. The second kappa shape index (κ2) is 4.47. The van der Waals surface area contributed by atoms with E-state index in [0.717, 1.165) is 6.07 Å². The van der Waals surface area contributed by atoms with Crippen LogP contribution in [0.2, 0.25) is 5.02 Å². The number of benzene rings is 1. The van der Waals surface area contributed by atoms with E-state index in [4.69, 9.17) is 21.4 Å². The van der Waals surface area contributed by atoms with Crippen LogP contribution in [0.25, 0.3) is 0 Å². The Morgan fingerprint density at radius 3 is 2.50 bits per heavy atom. The van der Waals surface area contributed by atoms with Crippen molar-refractivity contribution in [2.24, 2.45) is 0 Å². The van der Waals surface area contributed by atoms with Gasteiger partial charge in [-0.2, -0.15) is 4.39 Å². The monoisotopic (exact) mass is 269 g/mol. The average molecular weight is 270 g/mol. The Bertz CT molecular complexity index is 488. The molecule has 88 valence electrons. The topological polar surface area (TPSA) is 101 Å². The Hall–Kier alpha value is -1.01. The fourth-order valence-electron chi connectivity index (χ4n) is 1.06. The van der Waals surface area contributed by atoms with Gasteiger partial charge in [0.15, 0.2) is 0 Å². The molecule has 0 aromatic heterocycles. The SMILES string of the molecule is O=[N+]([O-])c1cc(Cl)c(CP(=O)(O)O)cc1F. The fraction of sp³-hybridized carbons (Fsp3) is 0.143. The summed E-state index contributed by atoms with van der Waals surface area (Å²) in [4.78, 5) is 26.7. The Balaban J connectivity index is 3.21. The van der Waals surface area contributed by atoms with Gasteiger partial charge >= 0.3 is 13.3 Å². The minimum atomic E-state index is -4.39. The lowest BCUT2D eigenvalue weighted by Gasteiger charge is -2.06. The molecule has 0 saturated carbocycles. The Labute approximate surface area is 94.0 Å². The summed E-state index contributed by atoms with van der Waals surface area (Å²) in [6.45, 7) is 0. The maximum Gasteiger partial charge on any atom is 0.329 e. The molecule has 0 radical (unpaired) electrons. The summed E-state index contributed by atoms with van der Waals surface area (Å²) in [5.74, 6) is -1.18. The maximum absolute atomic E-state index is 13.1. The van der Waals surface area contributed by atoms with Crippen LogP contribution in [0.15, 0.2) is 12.1 Å². The van der Waals surface area contributed by atoms with Crippen molar-refractivity contribution in [1.82, 2.24) is 0 Å². The number of nitro benzene ring substituents is 1. The average Bonchev–Trinajstić information content (AvgIpc) is 2.07. The third kappa shape index (κ3) is 3.24. The van der Waals surface area contributed by atoms with Crippen LogP contribution in [0.5, 0.6) is 0 Å². The smallest absolute Gasteiger partial charge is 0.324 e. The molecule has 6 nitrogen and oxygen atoms in total. The summed E-state index contributed by atoms with van der Waals surface area (Å²) in [6.07, 6.45) is -0.763. The zero-order valence-electron chi connectivity index (χ0n) is 7.63. The van der Waals surface area contributed by atoms with Crippen molar-refractivity contribution in [1.29, 1.82) is 0 Å². The van der Waals surface area contributed by atoms with E-state index in [1.807, 2.05) is 0 Å². The molecule has 0 aliphatic carbocycles. The third-order valence-corrected chi connectivity index (χ3v) is 2.79. The summed E-state index contributed by atoms with van der Waals surface area (Å²) in [5.41, 5.74) is -1.00. The van der Waals surface area contributed by atoms with Crippen molar-refractivity contribution in [3.05, 3.63) is 38.7 Å². The Morgan fingerprint density at radius 1 is 1.50 bits per heavy atom. The van der Waals surface area contributed by atoms with E-state index in [1.54, 1.807) is 0 Å². The number of halogens is 2. The van der Waals surface area contributed by atoms with Crippen LogP contribution in [0.3, 0.4) is 0 Å². The molecule has 9 heteroatoms. The minimum Gasteiger partial charge on any atom is -0.324 e. The molecule has 16 heavy (non-hydrogen) atoms. The molecule has 0 bridgehead atoms. The van der Waals surface area contributed by atoms with Gasteiger partial charge < -0.3 is 9.79 Å². The number of nitrogens with zero attached hydrogens (tertiary/aromatic N) is 1. The highest BCUT2D eigenvalue weighted by molar-refractivity contribution is 7.50. The quantitative estimate of drug-likeness (QED) is 0.497. The highest BCUT2D eigenvalue weighted by atomic mass is 35.5. The van der Waals surface area contributed by atoms with E-state index in [0.29, 0.717) is 6.07 Å². The van der Waals surface area contributed by atoms with Gasteiger partial charge in [-0.1, -0.05) is 11.6 Å². The van der Waals surface area contributed by atoms with E-state index in [1.165, 1.54) is 0 Å². The van der Waals surface area contributed by atoms with Crippen molar-refractivity contribution < 1.29 is 23.7 Å². The van der Waals surface area contributed by atoms with Crippen LogP contribution in [-0.4, -0.2) is 14.7 Å². The molecule has 0 heterocycles. The van der Waals surface area contributed by atoms with Crippen molar-refractivity contribution in [3.8, 4) is 0 Å². The molecule has 1 aromatic rings. The van der Waals surface area contributed by atoms with Crippen molar-refractivity contribution in [2.75, 3.05) is 0 Å². The summed E-state index contributed by atoms with van der Waals surface area (Å²) in [7, 11) is -4.39. The van der Waals surface area contributed by atoms with Gasteiger partial charge in [0.25, 0.3) is 0 Å². The first kappa shape index (κ1) is 13.1. The summed E-state index contributed by atoms with van der Waals surface area (Å²) >= 11 is 5.54. The molecule has 0 atom stereocenters. The van der Waals surface area contributed by atoms with Gasteiger partial charge in [-0.25, -0.2) is 0 Å². The largest absolute Gasteiger partial charge is 0.329 e. The molecular formula is C7H6ClFNO5P. The molecule has 0 aliphatic heterocycles. The molecule has 2 N–H and O–H groups in total. The summed E-state index contributed by atoms with van der Waals surface area (Å²) in [5, 5.41) is 10.1. The lowest BCUT2D eigenvalue weighted by Crippen LogP contribution is -1.96. The Kier molecular flexibility index (Phi) is 3.64. The molecule has 1 rings (SSSR count). The lowest BCUT2D eigenvalue weighted by atomic mass is 10.2. The van der Waals surface area contributed by atoms with E-state index in [-0.39, 0.29) is 10.6 Å². The molecule has 0 amide bonds. The highest BCUT2D eigenvalue weighted by Gasteiger charge is 2.22. The van der Waals surface area contributed by atoms with Crippen molar-refractivity contribution >= 4 is 24.9 Å². The molecule has 0 spiro atoms. The van der Waals surface area contributed by atoms with Gasteiger partial charge in [0.1, 0.15) is 0 Å². The molecule has 0 fully saturated rings. The van der Waals surface area contributed by atoms with Gasteiger partial charge in [0.2, 0.25) is 5.82 Å². The van der Waals surface area contributed by atoms with E-state index >= 15 is 0 Å². The van der Waals surface area contributed by atoms with Gasteiger partial charge in [0, 0.05) is 6.07 Å². The first-order chi connectivity index (χ1) is 7.20. The number of hydrogen-bond acceptors (Lipinski definition) is 3. The summed E-state index contributed by atoms with van der Waals surface area (Å²) in [6, 6.07) is 1.38. The van der Waals surface area contributed by atoms with Crippen molar-refractivity contribution in [2.45, 2.75) is 6.16 Å². The first-order valence-electron chi connectivity index (χ1n) is 3.87. The lowest BCUT2D eigenvalue weighted by molar-refractivity contribution is -0.387. The number of nitro groups is 1. The van der Waals surface area contributed by atoms with Crippen LogP contribution in [0, 0.1) is 15.9 Å². The van der Waals surface area contributed by atoms with E-state index in [2.05, 4.69) is 0 Å². The zero-order chi connectivity index (χ0) is 12.5. The predicted molar refractivity (Wildman–Crippen MR) is 53.8 cm³/mol. The molecule has 0 saturated heterocycles. The second-order valence-corrected chi connectivity index (χ2v) is 5.03. The van der Waals surface area contributed by atoms with Crippen LogP contribution in [0.1, 0.15) is 5.56 Å². The Morgan fingerprint density at radius 2 is 2.06 bits per heavy atom. The van der Waals surface area contributed by atoms with Gasteiger partial charge in [-0.15, -0.1) is 0 Å². The zero-order valence-corrected chi connectivity index (χ0v) is 9.28. The van der Waals surface area contributed by atoms with E-state index < -0.39 is 30.2 Å². The van der Waals surface area contributed by atoms with Crippen LogP contribution in [-0.2, 0) is 10.7 Å². The summed E-state index contributed by atoms with van der Waals surface area (Å²) < 4.78 is 23.8. The highest BCUT2D eigenvalue weighted by Crippen LogP contribution is 2.41. The standard InChI is InChI=1S/C7H6ClFNO5P/c8-5-2-7(10(11)12)6(9)1-4(5)3-16(13,14)15/h1-2H,3H2,(H2,13,14,15). The van der Waals surface area contributed by atoms with Gasteiger partial charge in [-0.3, -0.25) is 14.7 Å². The van der Waals surface area contributed by atoms with Gasteiger partial charge in [-0.05, 0) is 11.6 Å². The minimum absolute atomic E-state index is 0.168. The van der Waals surface area contributed by atoms with Crippen LogP contribution in [0.4, 0.5) is 10.1 Å². The predicted octanol–water partition coefficient (Wildman–Crippen LogP) is 2.07. The number of rotatable bonds is 3.